The van der Waals surface area contributed by atoms with Crippen LogP contribution >= 0.6 is 23.2 Å². The van der Waals surface area contributed by atoms with E-state index in [1.54, 1.807) is 0 Å². The maximum atomic E-state index is 6.34. The van der Waals surface area contributed by atoms with Crippen molar-refractivity contribution in [3.8, 4) is 0 Å². The van der Waals surface area contributed by atoms with Gasteiger partial charge in [-0.15, -0.1) is 11.6 Å². The zero-order chi connectivity index (χ0) is 17.4. The number of aromatic nitrogens is 1. The van der Waals surface area contributed by atoms with Crippen molar-refractivity contribution in [1.29, 1.82) is 0 Å². The van der Waals surface area contributed by atoms with Crippen LogP contribution in [0.5, 0.6) is 0 Å². The molecule has 1 aromatic heterocycles. The quantitative estimate of drug-likeness (QED) is 0.613. The van der Waals surface area contributed by atoms with Gasteiger partial charge in [0.15, 0.2) is 0 Å². The third-order valence-electron chi connectivity index (χ3n) is 4.50. The molecule has 0 fully saturated rings. The Labute approximate surface area is 156 Å². The fourth-order valence-electron chi connectivity index (χ4n) is 3.35. The first-order valence-corrected chi connectivity index (χ1v) is 9.19. The summed E-state index contributed by atoms with van der Waals surface area (Å²) >= 11 is 12.3. The Morgan fingerprint density at radius 2 is 1.96 bits per heavy atom. The van der Waals surface area contributed by atoms with Gasteiger partial charge in [-0.05, 0) is 61.3 Å². The SMILES string of the molecule is NCCc1cc(Nc2ccc(Cl)cc2)cc2c3c([nH]c12)=CCC(Cl)C=3. The third-order valence-corrected chi connectivity index (χ3v) is 5.06. The summed E-state index contributed by atoms with van der Waals surface area (Å²) < 4.78 is 0. The lowest BCUT2D eigenvalue weighted by atomic mass is 10.0. The van der Waals surface area contributed by atoms with Gasteiger partial charge in [0.2, 0.25) is 0 Å². The van der Waals surface area contributed by atoms with E-state index in [-0.39, 0.29) is 5.38 Å². The van der Waals surface area contributed by atoms with E-state index in [1.165, 1.54) is 16.2 Å². The number of H-pyrrole nitrogens is 1. The van der Waals surface area contributed by atoms with E-state index < -0.39 is 0 Å². The lowest BCUT2D eigenvalue weighted by molar-refractivity contribution is 0.974. The monoisotopic (exact) mass is 371 g/mol. The van der Waals surface area contributed by atoms with Gasteiger partial charge < -0.3 is 16.0 Å². The van der Waals surface area contributed by atoms with E-state index in [1.807, 2.05) is 24.3 Å². The molecule has 1 aliphatic rings. The van der Waals surface area contributed by atoms with Crippen LogP contribution in [0.3, 0.4) is 0 Å². The molecule has 0 aliphatic heterocycles. The minimum absolute atomic E-state index is 0.0392. The largest absolute Gasteiger partial charge is 0.355 e. The van der Waals surface area contributed by atoms with Crippen molar-refractivity contribution in [1.82, 2.24) is 4.98 Å². The molecule has 2 aromatic carbocycles. The van der Waals surface area contributed by atoms with Crippen molar-refractivity contribution in [2.75, 3.05) is 11.9 Å². The fraction of sp³-hybridized carbons (Fsp3) is 0.200. The molecule has 0 spiro atoms. The van der Waals surface area contributed by atoms with Crippen LogP contribution in [0, 0.1) is 0 Å². The van der Waals surface area contributed by atoms with Gasteiger partial charge in [0, 0.05) is 37.9 Å². The molecule has 25 heavy (non-hydrogen) atoms. The number of benzene rings is 2. The van der Waals surface area contributed by atoms with Gasteiger partial charge >= 0.3 is 0 Å². The standard InChI is InChI=1S/C20H19Cl2N3/c21-13-1-4-15(5-2-13)24-16-9-12(7-8-23)20-18(11-16)17-10-14(22)3-6-19(17)25-20/h1-2,4-6,9-11,14,24-25H,3,7-8,23H2. The van der Waals surface area contributed by atoms with Crippen LogP contribution in [0.4, 0.5) is 11.4 Å². The normalized spacial score (nSPS) is 16.2. The highest BCUT2D eigenvalue weighted by molar-refractivity contribution is 6.30. The van der Waals surface area contributed by atoms with Gasteiger partial charge in [0.05, 0.1) is 5.38 Å². The van der Waals surface area contributed by atoms with E-state index in [0.29, 0.717) is 6.54 Å². The summed E-state index contributed by atoms with van der Waals surface area (Å²) in [6.07, 6.45) is 5.97. The minimum Gasteiger partial charge on any atom is -0.355 e. The number of fused-ring (bicyclic) bond motifs is 3. The van der Waals surface area contributed by atoms with Gasteiger partial charge in [-0.3, -0.25) is 0 Å². The predicted molar refractivity (Wildman–Crippen MR) is 108 cm³/mol. The van der Waals surface area contributed by atoms with E-state index in [2.05, 4.69) is 34.6 Å². The molecule has 1 atom stereocenters. The fourth-order valence-corrected chi connectivity index (χ4v) is 3.69. The smallest absolute Gasteiger partial charge is 0.0561 e. The number of aromatic amines is 1. The van der Waals surface area contributed by atoms with Crippen LogP contribution in [0.25, 0.3) is 23.1 Å². The zero-order valence-corrected chi connectivity index (χ0v) is 15.2. The van der Waals surface area contributed by atoms with E-state index in [0.717, 1.165) is 40.1 Å². The molecular weight excluding hydrogens is 353 g/mol. The number of hydrogen-bond donors (Lipinski definition) is 3. The highest BCUT2D eigenvalue weighted by atomic mass is 35.5. The van der Waals surface area contributed by atoms with Crippen LogP contribution in [0.1, 0.15) is 12.0 Å². The number of alkyl halides is 1. The Kier molecular flexibility index (Phi) is 4.46. The highest BCUT2D eigenvalue weighted by Gasteiger charge is 2.12. The molecule has 1 aliphatic carbocycles. The van der Waals surface area contributed by atoms with Crippen LogP contribution < -0.4 is 21.6 Å². The second-order valence-electron chi connectivity index (χ2n) is 6.30. The molecule has 3 aromatic rings. The molecule has 0 saturated carbocycles. The molecular formula is C20H19Cl2N3. The van der Waals surface area contributed by atoms with Crippen LogP contribution in [0.2, 0.25) is 5.02 Å². The summed E-state index contributed by atoms with van der Waals surface area (Å²) in [6.45, 7) is 0.606. The number of rotatable bonds is 4. The Hall–Kier alpha value is -1.94. The number of nitrogens with two attached hydrogens (primary N) is 1. The molecule has 5 heteroatoms. The maximum absolute atomic E-state index is 6.34. The van der Waals surface area contributed by atoms with Crippen LogP contribution in [-0.4, -0.2) is 16.9 Å². The second-order valence-corrected chi connectivity index (χ2v) is 7.30. The highest BCUT2D eigenvalue weighted by Crippen LogP contribution is 2.25. The average molecular weight is 372 g/mol. The number of nitrogens with one attached hydrogen (secondary N) is 2. The molecule has 1 unspecified atom stereocenters. The summed E-state index contributed by atoms with van der Waals surface area (Å²) in [5.74, 6) is 0. The summed E-state index contributed by atoms with van der Waals surface area (Å²) in [7, 11) is 0. The number of anilines is 2. The molecule has 0 amide bonds. The predicted octanol–water partition coefficient (Wildman–Crippen LogP) is 3.64. The van der Waals surface area contributed by atoms with Crippen molar-refractivity contribution >= 4 is 57.6 Å². The molecule has 3 nitrogen and oxygen atoms in total. The number of halogens is 2. The molecule has 4 rings (SSSR count). The van der Waals surface area contributed by atoms with Gasteiger partial charge in [-0.1, -0.05) is 23.8 Å². The molecule has 128 valence electrons. The lowest BCUT2D eigenvalue weighted by Gasteiger charge is -2.10. The van der Waals surface area contributed by atoms with E-state index >= 15 is 0 Å². The Balaban J connectivity index is 1.87. The Morgan fingerprint density at radius 3 is 2.72 bits per heavy atom. The lowest BCUT2D eigenvalue weighted by Crippen LogP contribution is -2.27. The van der Waals surface area contributed by atoms with Crippen molar-refractivity contribution in [3.63, 3.8) is 0 Å². The summed E-state index contributed by atoms with van der Waals surface area (Å²) in [5.41, 5.74) is 10.2. The molecule has 1 heterocycles. The van der Waals surface area contributed by atoms with Crippen molar-refractivity contribution in [2.24, 2.45) is 5.73 Å². The minimum atomic E-state index is 0.0392. The molecule has 0 bridgehead atoms. The molecule has 0 radical (unpaired) electrons. The topological polar surface area (TPSA) is 53.8 Å². The van der Waals surface area contributed by atoms with Gasteiger partial charge in [0.1, 0.15) is 0 Å². The Morgan fingerprint density at radius 1 is 1.16 bits per heavy atom. The number of hydrogen-bond acceptors (Lipinski definition) is 2. The summed E-state index contributed by atoms with van der Waals surface area (Å²) in [6, 6.07) is 12.0. The molecule has 4 N–H and O–H groups in total. The van der Waals surface area contributed by atoms with Crippen molar-refractivity contribution in [2.45, 2.75) is 18.2 Å². The summed E-state index contributed by atoms with van der Waals surface area (Å²) in [5, 5.41) is 7.73. The first kappa shape index (κ1) is 16.5. The van der Waals surface area contributed by atoms with Crippen LogP contribution in [0.15, 0.2) is 36.4 Å². The van der Waals surface area contributed by atoms with Crippen LogP contribution in [-0.2, 0) is 6.42 Å². The first-order valence-electron chi connectivity index (χ1n) is 8.37. The maximum Gasteiger partial charge on any atom is 0.0561 e. The van der Waals surface area contributed by atoms with E-state index in [9.17, 15) is 0 Å². The summed E-state index contributed by atoms with van der Waals surface area (Å²) in [4.78, 5) is 3.54. The molecule has 0 saturated heterocycles. The zero-order valence-electron chi connectivity index (χ0n) is 13.7. The van der Waals surface area contributed by atoms with E-state index in [4.69, 9.17) is 28.9 Å². The third kappa shape index (κ3) is 3.28. The second kappa shape index (κ2) is 6.75. The first-order chi connectivity index (χ1) is 12.1. The Bertz CT molecular complexity index is 1040. The van der Waals surface area contributed by atoms with Crippen molar-refractivity contribution in [3.05, 3.63) is 57.6 Å². The van der Waals surface area contributed by atoms with Gasteiger partial charge in [-0.25, -0.2) is 0 Å². The van der Waals surface area contributed by atoms with Gasteiger partial charge in [0.25, 0.3) is 0 Å². The van der Waals surface area contributed by atoms with Crippen molar-refractivity contribution < 1.29 is 0 Å². The van der Waals surface area contributed by atoms with Gasteiger partial charge in [-0.2, -0.15) is 0 Å². The average Bonchev–Trinajstić information content (AvgIpc) is 2.96.